The van der Waals surface area contributed by atoms with E-state index in [-0.39, 0.29) is 24.8 Å². The van der Waals surface area contributed by atoms with Crippen molar-refractivity contribution in [1.29, 1.82) is 0 Å². The molecule has 0 bridgehead atoms. The molecule has 1 aliphatic heterocycles. The van der Waals surface area contributed by atoms with Crippen LogP contribution in [0.25, 0.3) is 0 Å². The van der Waals surface area contributed by atoms with Gasteiger partial charge in [-0.1, -0.05) is 25.1 Å². The molecule has 1 heterocycles. The topological polar surface area (TPSA) is 44.8 Å². The second-order valence-electron chi connectivity index (χ2n) is 4.18. The lowest BCUT2D eigenvalue weighted by Gasteiger charge is -2.18. The number of rotatable bonds is 4. The Morgan fingerprint density at radius 3 is 2.82 bits per heavy atom. The first-order chi connectivity index (χ1) is 8.22. The zero-order valence-corrected chi connectivity index (χ0v) is 10.0. The molecule has 17 heavy (non-hydrogen) atoms. The van der Waals surface area contributed by atoms with Gasteiger partial charge in [0.2, 0.25) is 0 Å². The Bertz CT molecular complexity index is 402. The van der Waals surface area contributed by atoms with E-state index in [2.05, 4.69) is 0 Å². The largest absolute Gasteiger partial charge is 0.467 e. The molecule has 0 amide bonds. The molecule has 92 valence electrons. The molecule has 1 aliphatic rings. The number of hydrogen-bond acceptors (Lipinski definition) is 4. The van der Waals surface area contributed by atoms with Gasteiger partial charge in [0, 0.05) is 18.6 Å². The number of hydrogen-bond donors (Lipinski definition) is 0. The van der Waals surface area contributed by atoms with Crippen LogP contribution < -0.4 is 4.74 Å². The van der Waals surface area contributed by atoms with E-state index in [0.717, 1.165) is 5.56 Å². The molecule has 0 radical (unpaired) electrons. The number of carbonyl (C=O) groups excluding carboxylic acids is 1. The summed E-state index contributed by atoms with van der Waals surface area (Å²) in [5.41, 5.74) is 0.905. The number of esters is 1. The van der Waals surface area contributed by atoms with E-state index >= 15 is 0 Å². The Balaban J connectivity index is 2.22. The Kier molecular flexibility index (Phi) is 3.64. The van der Waals surface area contributed by atoms with Crippen LogP contribution in [0.4, 0.5) is 0 Å². The maximum atomic E-state index is 11.3. The molecule has 1 fully saturated rings. The summed E-state index contributed by atoms with van der Waals surface area (Å²) in [7, 11) is 1.57. The second kappa shape index (κ2) is 5.19. The van der Waals surface area contributed by atoms with Crippen LogP contribution in [0.3, 0.4) is 0 Å². The van der Waals surface area contributed by atoms with Crippen LogP contribution >= 0.6 is 0 Å². The normalized spacial score (nSPS) is 23.5. The Hall–Kier alpha value is -1.55. The van der Waals surface area contributed by atoms with Crippen molar-refractivity contribution in [3.63, 3.8) is 0 Å². The standard InChI is InChI=1S/C13H16O4/c1-9-7-12(14)17-13(9)10-5-3-4-6-11(10)16-8-15-2/h3-6,9,13H,7-8H2,1-2H3/t9-,13-/m0/s1. The van der Waals surface area contributed by atoms with Gasteiger partial charge in [0.15, 0.2) is 6.79 Å². The number of cyclic esters (lactones) is 1. The molecule has 0 N–H and O–H groups in total. The van der Waals surface area contributed by atoms with Crippen molar-refractivity contribution < 1.29 is 19.0 Å². The quantitative estimate of drug-likeness (QED) is 0.594. The van der Waals surface area contributed by atoms with E-state index in [0.29, 0.717) is 12.2 Å². The van der Waals surface area contributed by atoms with Crippen LogP contribution in [-0.4, -0.2) is 19.9 Å². The van der Waals surface area contributed by atoms with Gasteiger partial charge in [0.05, 0.1) is 6.42 Å². The van der Waals surface area contributed by atoms with E-state index < -0.39 is 0 Å². The molecule has 4 nitrogen and oxygen atoms in total. The Morgan fingerprint density at radius 2 is 2.18 bits per heavy atom. The van der Waals surface area contributed by atoms with Gasteiger partial charge in [0.1, 0.15) is 11.9 Å². The van der Waals surface area contributed by atoms with Gasteiger partial charge < -0.3 is 14.2 Å². The van der Waals surface area contributed by atoms with Crippen molar-refractivity contribution in [2.75, 3.05) is 13.9 Å². The molecule has 1 aromatic rings. The van der Waals surface area contributed by atoms with Crippen LogP contribution in [-0.2, 0) is 14.3 Å². The lowest BCUT2D eigenvalue weighted by molar-refractivity contribution is -0.141. The monoisotopic (exact) mass is 236 g/mol. The van der Waals surface area contributed by atoms with Gasteiger partial charge in [0.25, 0.3) is 0 Å². The van der Waals surface area contributed by atoms with Crippen LogP contribution in [0.2, 0.25) is 0 Å². The molecular weight excluding hydrogens is 220 g/mol. The van der Waals surface area contributed by atoms with Gasteiger partial charge >= 0.3 is 5.97 Å². The smallest absolute Gasteiger partial charge is 0.306 e. The number of benzene rings is 1. The van der Waals surface area contributed by atoms with Crippen molar-refractivity contribution in [2.45, 2.75) is 19.4 Å². The Labute approximate surface area is 100 Å². The minimum absolute atomic E-state index is 0.149. The average Bonchev–Trinajstić information content (AvgIpc) is 2.66. The number of carbonyl (C=O) groups is 1. The zero-order chi connectivity index (χ0) is 12.3. The number of methoxy groups -OCH3 is 1. The van der Waals surface area contributed by atoms with Crippen LogP contribution in [0.1, 0.15) is 25.0 Å². The first kappa shape index (κ1) is 11.9. The van der Waals surface area contributed by atoms with Crippen molar-refractivity contribution in [3.8, 4) is 5.75 Å². The third-order valence-electron chi connectivity index (χ3n) is 2.82. The second-order valence-corrected chi connectivity index (χ2v) is 4.18. The lowest BCUT2D eigenvalue weighted by Crippen LogP contribution is -2.08. The van der Waals surface area contributed by atoms with E-state index in [9.17, 15) is 4.79 Å². The highest BCUT2D eigenvalue weighted by molar-refractivity contribution is 5.72. The molecule has 0 aromatic heterocycles. The SMILES string of the molecule is COCOc1ccccc1[C@H]1OC(=O)C[C@@H]1C. The van der Waals surface area contributed by atoms with Gasteiger partial charge in [-0.25, -0.2) is 0 Å². The molecule has 0 unspecified atom stereocenters. The summed E-state index contributed by atoms with van der Waals surface area (Å²) < 4.78 is 15.7. The highest BCUT2D eigenvalue weighted by atomic mass is 16.7. The summed E-state index contributed by atoms with van der Waals surface area (Å²) in [5.74, 6) is 0.736. The van der Waals surface area contributed by atoms with Crippen LogP contribution in [0.15, 0.2) is 24.3 Å². The molecule has 2 atom stereocenters. The molecule has 0 spiro atoms. The molecule has 1 aromatic carbocycles. The molecule has 4 heteroatoms. The predicted molar refractivity (Wildman–Crippen MR) is 61.6 cm³/mol. The van der Waals surface area contributed by atoms with Crippen LogP contribution in [0, 0.1) is 5.92 Å². The van der Waals surface area contributed by atoms with E-state index in [1.807, 2.05) is 31.2 Å². The van der Waals surface area contributed by atoms with Gasteiger partial charge in [-0.3, -0.25) is 4.79 Å². The van der Waals surface area contributed by atoms with Crippen LogP contribution in [0.5, 0.6) is 5.75 Å². The minimum Gasteiger partial charge on any atom is -0.467 e. The van der Waals surface area contributed by atoms with Gasteiger partial charge in [-0.05, 0) is 6.07 Å². The summed E-state index contributed by atoms with van der Waals surface area (Å²) >= 11 is 0. The van der Waals surface area contributed by atoms with Crippen molar-refractivity contribution in [2.24, 2.45) is 5.92 Å². The molecule has 0 aliphatic carbocycles. The highest BCUT2D eigenvalue weighted by Gasteiger charge is 2.34. The van der Waals surface area contributed by atoms with Crippen molar-refractivity contribution in [3.05, 3.63) is 29.8 Å². The molecule has 0 saturated carbocycles. The fraction of sp³-hybridized carbons (Fsp3) is 0.462. The fourth-order valence-electron chi connectivity index (χ4n) is 2.02. The maximum absolute atomic E-state index is 11.3. The average molecular weight is 236 g/mol. The summed E-state index contributed by atoms with van der Waals surface area (Å²) in [4.78, 5) is 11.3. The first-order valence-corrected chi connectivity index (χ1v) is 5.62. The summed E-state index contributed by atoms with van der Waals surface area (Å²) in [6, 6.07) is 7.57. The summed E-state index contributed by atoms with van der Waals surface area (Å²) in [6.07, 6.45) is 0.249. The number of para-hydroxylation sites is 1. The van der Waals surface area contributed by atoms with Crippen molar-refractivity contribution >= 4 is 5.97 Å². The van der Waals surface area contributed by atoms with Gasteiger partial charge in [-0.15, -0.1) is 0 Å². The number of ether oxygens (including phenoxy) is 3. The third kappa shape index (κ3) is 2.58. The summed E-state index contributed by atoms with van der Waals surface area (Å²) in [5, 5.41) is 0. The third-order valence-corrected chi connectivity index (χ3v) is 2.82. The van der Waals surface area contributed by atoms with E-state index in [1.165, 1.54) is 0 Å². The minimum atomic E-state index is -0.212. The van der Waals surface area contributed by atoms with Gasteiger partial charge in [-0.2, -0.15) is 0 Å². The van der Waals surface area contributed by atoms with E-state index in [4.69, 9.17) is 14.2 Å². The highest BCUT2D eigenvalue weighted by Crippen LogP contribution is 2.39. The fourth-order valence-corrected chi connectivity index (χ4v) is 2.02. The first-order valence-electron chi connectivity index (χ1n) is 5.62. The molecule has 1 saturated heterocycles. The van der Waals surface area contributed by atoms with Crippen molar-refractivity contribution in [1.82, 2.24) is 0 Å². The predicted octanol–water partition coefficient (Wildman–Crippen LogP) is 2.29. The lowest BCUT2D eigenvalue weighted by atomic mass is 9.96. The molecule has 2 rings (SSSR count). The van der Waals surface area contributed by atoms with E-state index in [1.54, 1.807) is 7.11 Å². The molecular formula is C13H16O4. The zero-order valence-electron chi connectivity index (χ0n) is 10.0. The maximum Gasteiger partial charge on any atom is 0.306 e. The summed E-state index contributed by atoms with van der Waals surface area (Å²) in [6.45, 7) is 2.19. The Morgan fingerprint density at radius 1 is 1.41 bits per heavy atom.